The van der Waals surface area contributed by atoms with Crippen LogP contribution in [0.3, 0.4) is 0 Å². The highest BCUT2D eigenvalue weighted by atomic mass is 16.4. The molecule has 1 rings (SSSR count). The number of Topliss-reactive ketones (excluding diaryl/α,β-unsaturated/α-hetero) is 2. The van der Waals surface area contributed by atoms with E-state index in [1.807, 2.05) is 0 Å². The van der Waals surface area contributed by atoms with Gasteiger partial charge < -0.3 is 21.9 Å². The SMILES string of the molecule is N=C(N)NCCC[C@H](N)C(=O)O.O=C1CCCCC1=O. The van der Waals surface area contributed by atoms with Crippen molar-refractivity contribution < 1.29 is 19.5 Å². The summed E-state index contributed by atoms with van der Waals surface area (Å²) in [4.78, 5) is 31.1. The van der Waals surface area contributed by atoms with Crippen molar-refractivity contribution in [3.63, 3.8) is 0 Å². The smallest absolute Gasteiger partial charge is 0.320 e. The van der Waals surface area contributed by atoms with Gasteiger partial charge in [-0.25, -0.2) is 0 Å². The molecule has 114 valence electrons. The molecule has 1 atom stereocenters. The van der Waals surface area contributed by atoms with E-state index in [0.717, 1.165) is 12.8 Å². The number of carboxylic acids is 1. The second-order valence-corrected chi connectivity index (χ2v) is 4.48. The molecule has 0 aromatic carbocycles. The van der Waals surface area contributed by atoms with E-state index in [9.17, 15) is 14.4 Å². The highest BCUT2D eigenvalue weighted by molar-refractivity contribution is 6.37. The molecule has 7 N–H and O–H groups in total. The number of nitrogens with one attached hydrogen (secondary N) is 2. The number of guanidine groups is 1. The van der Waals surface area contributed by atoms with Crippen molar-refractivity contribution in [2.24, 2.45) is 11.5 Å². The van der Waals surface area contributed by atoms with Crippen LogP contribution in [0.4, 0.5) is 0 Å². The van der Waals surface area contributed by atoms with Crippen LogP contribution >= 0.6 is 0 Å². The number of carbonyl (C=O) groups is 3. The molecule has 0 radical (unpaired) electrons. The van der Waals surface area contributed by atoms with E-state index >= 15 is 0 Å². The van der Waals surface area contributed by atoms with Gasteiger partial charge in [-0.1, -0.05) is 0 Å². The van der Waals surface area contributed by atoms with Gasteiger partial charge in [-0.3, -0.25) is 19.8 Å². The van der Waals surface area contributed by atoms with Gasteiger partial charge in [0.2, 0.25) is 0 Å². The van der Waals surface area contributed by atoms with Crippen molar-refractivity contribution in [2.75, 3.05) is 6.54 Å². The van der Waals surface area contributed by atoms with Gasteiger partial charge in [0.1, 0.15) is 6.04 Å². The number of nitrogens with two attached hydrogens (primary N) is 2. The van der Waals surface area contributed by atoms with Crippen molar-refractivity contribution >= 4 is 23.5 Å². The third-order valence-corrected chi connectivity index (χ3v) is 2.69. The lowest BCUT2D eigenvalue weighted by Gasteiger charge is -2.06. The molecule has 0 spiro atoms. The molecule has 1 aliphatic rings. The molecule has 0 aromatic heterocycles. The predicted octanol–water partition coefficient (Wildman–Crippen LogP) is -0.640. The van der Waals surface area contributed by atoms with Crippen LogP contribution in [-0.4, -0.2) is 41.2 Å². The summed E-state index contributed by atoms with van der Waals surface area (Å²) in [5, 5.41) is 17.7. The van der Waals surface area contributed by atoms with E-state index in [4.69, 9.17) is 22.0 Å². The molecule has 0 amide bonds. The quantitative estimate of drug-likeness (QED) is 0.194. The maximum Gasteiger partial charge on any atom is 0.320 e. The van der Waals surface area contributed by atoms with Crippen molar-refractivity contribution in [3.05, 3.63) is 0 Å². The Morgan fingerprint density at radius 1 is 1.30 bits per heavy atom. The van der Waals surface area contributed by atoms with Crippen molar-refractivity contribution in [3.8, 4) is 0 Å². The molecule has 0 heterocycles. The molecular weight excluding hydrogens is 264 g/mol. The lowest BCUT2D eigenvalue weighted by atomic mass is 9.98. The average Bonchev–Trinajstić information content (AvgIpc) is 2.38. The summed E-state index contributed by atoms with van der Waals surface area (Å²) in [5.74, 6) is -1.45. The van der Waals surface area contributed by atoms with Gasteiger partial charge in [-0.2, -0.15) is 0 Å². The summed E-state index contributed by atoms with van der Waals surface area (Å²) in [5.41, 5.74) is 10.2. The van der Waals surface area contributed by atoms with Crippen LogP contribution in [0.15, 0.2) is 0 Å². The topological polar surface area (TPSA) is 159 Å². The third-order valence-electron chi connectivity index (χ3n) is 2.69. The number of hydrogen-bond donors (Lipinski definition) is 5. The van der Waals surface area contributed by atoms with E-state index in [-0.39, 0.29) is 17.5 Å². The maximum atomic E-state index is 10.4. The summed E-state index contributed by atoms with van der Waals surface area (Å²) in [6.45, 7) is 0.482. The zero-order valence-electron chi connectivity index (χ0n) is 11.4. The molecule has 0 bridgehead atoms. The summed E-state index contributed by atoms with van der Waals surface area (Å²) in [6, 6.07) is -0.821. The first kappa shape index (κ1) is 18.0. The molecule has 8 nitrogen and oxygen atoms in total. The van der Waals surface area contributed by atoms with Gasteiger partial charge in [0.25, 0.3) is 0 Å². The zero-order valence-corrected chi connectivity index (χ0v) is 11.4. The molecule has 8 heteroatoms. The number of carboxylic acid groups (broad SMARTS) is 1. The molecule has 1 saturated carbocycles. The predicted molar refractivity (Wildman–Crippen MR) is 73.2 cm³/mol. The Morgan fingerprint density at radius 3 is 2.15 bits per heavy atom. The molecule has 0 unspecified atom stereocenters. The van der Waals surface area contributed by atoms with Gasteiger partial charge in [0.05, 0.1) is 0 Å². The second-order valence-electron chi connectivity index (χ2n) is 4.48. The van der Waals surface area contributed by atoms with Crippen LogP contribution in [0.25, 0.3) is 0 Å². The normalized spacial score (nSPS) is 15.8. The van der Waals surface area contributed by atoms with Gasteiger partial charge in [0, 0.05) is 19.4 Å². The van der Waals surface area contributed by atoms with E-state index in [0.29, 0.717) is 32.2 Å². The first-order valence-electron chi connectivity index (χ1n) is 6.47. The van der Waals surface area contributed by atoms with E-state index in [2.05, 4.69) is 5.32 Å². The average molecular weight is 286 g/mol. The molecule has 0 aliphatic heterocycles. The number of aliphatic carboxylic acids is 1. The maximum absolute atomic E-state index is 10.4. The standard InChI is InChI=1S/C6H14N4O2.C6H8O2/c7-4(5(11)12)2-1-3-10-6(8)9;7-5-3-1-2-4-6(5)8/h4H,1-3,7H2,(H,11,12)(H4,8,9,10);1-4H2/t4-;/m0./s1. The molecular formula is C12H22N4O4. The Bertz CT molecular complexity index is 354. The number of ketones is 2. The number of rotatable bonds is 5. The minimum atomic E-state index is -1.00. The molecule has 0 saturated heterocycles. The van der Waals surface area contributed by atoms with Gasteiger partial charge in [-0.15, -0.1) is 0 Å². The van der Waals surface area contributed by atoms with Gasteiger partial charge >= 0.3 is 5.97 Å². The Labute approximate surface area is 117 Å². The molecule has 1 aliphatic carbocycles. The summed E-state index contributed by atoms with van der Waals surface area (Å²) >= 11 is 0. The number of hydrogen-bond acceptors (Lipinski definition) is 5. The van der Waals surface area contributed by atoms with Crippen LogP contribution in [-0.2, 0) is 14.4 Å². The largest absolute Gasteiger partial charge is 0.480 e. The van der Waals surface area contributed by atoms with Crippen LogP contribution in [0.5, 0.6) is 0 Å². The fraction of sp³-hybridized carbons (Fsp3) is 0.667. The van der Waals surface area contributed by atoms with E-state index in [1.165, 1.54) is 0 Å². The van der Waals surface area contributed by atoms with Crippen LogP contribution in [0, 0.1) is 5.41 Å². The summed E-state index contributed by atoms with van der Waals surface area (Å²) in [6.07, 6.45) is 3.76. The minimum Gasteiger partial charge on any atom is -0.480 e. The van der Waals surface area contributed by atoms with Crippen molar-refractivity contribution in [1.82, 2.24) is 5.32 Å². The van der Waals surface area contributed by atoms with Gasteiger partial charge in [-0.05, 0) is 25.7 Å². The Kier molecular flexibility index (Phi) is 8.93. The Morgan fingerprint density at radius 2 is 1.80 bits per heavy atom. The van der Waals surface area contributed by atoms with Crippen LogP contribution < -0.4 is 16.8 Å². The summed E-state index contributed by atoms with van der Waals surface area (Å²) < 4.78 is 0. The highest BCUT2D eigenvalue weighted by Crippen LogP contribution is 2.09. The first-order valence-corrected chi connectivity index (χ1v) is 6.47. The van der Waals surface area contributed by atoms with Crippen molar-refractivity contribution in [2.45, 2.75) is 44.6 Å². The molecule has 1 fully saturated rings. The lowest BCUT2D eigenvalue weighted by molar-refractivity contribution is -0.138. The fourth-order valence-corrected chi connectivity index (χ4v) is 1.52. The minimum absolute atomic E-state index is 0.112. The van der Waals surface area contributed by atoms with E-state index in [1.54, 1.807) is 0 Å². The fourth-order valence-electron chi connectivity index (χ4n) is 1.52. The molecule has 0 aromatic rings. The molecule has 20 heavy (non-hydrogen) atoms. The number of carbonyl (C=O) groups excluding carboxylic acids is 2. The second kappa shape index (κ2) is 9.90. The zero-order chi connectivity index (χ0) is 15.5. The monoisotopic (exact) mass is 286 g/mol. The van der Waals surface area contributed by atoms with Gasteiger partial charge in [0.15, 0.2) is 17.5 Å². The van der Waals surface area contributed by atoms with Crippen LogP contribution in [0.1, 0.15) is 38.5 Å². The highest BCUT2D eigenvalue weighted by Gasteiger charge is 2.17. The lowest BCUT2D eigenvalue weighted by Crippen LogP contribution is -2.34. The van der Waals surface area contributed by atoms with Crippen molar-refractivity contribution in [1.29, 1.82) is 5.41 Å². The van der Waals surface area contributed by atoms with Crippen LogP contribution in [0.2, 0.25) is 0 Å². The Balaban J connectivity index is 0.000000388. The third kappa shape index (κ3) is 9.03. The summed E-state index contributed by atoms with van der Waals surface area (Å²) in [7, 11) is 0. The Hall–Kier alpha value is -1.96. The first-order chi connectivity index (χ1) is 9.34. The van der Waals surface area contributed by atoms with E-state index < -0.39 is 12.0 Å².